The summed E-state index contributed by atoms with van der Waals surface area (Å²) < 4.78 is 6.11. The van der Waals surface area contributed by atoms with Gasteiger partial charge in [-0.15, -0.1) is 0 Å². The highest BCUT2D eigenvalue weighted by atomic mass is 32.1. The number of benzene rings is 1. The van der Waals surface area contributed by atoms with Gasteiger partial charge in [-0.05, 0) is 12.1 Å². The summed E-state index contributed by atoms with van der Waals surface area (Å²) in [7, 11) is 1.59. The molecule has 0 aliphatic heterocycles. The average Bonchev–Trinajstić information content (AvgIpc) is 2.88. The van der Waals surface area contributed by atoms with Crippen molar-refractivity contribution in [2.24, 2.45) is 4.99 Å². The molecule has 0 aliphatic rings. The summed E-state index contributed by atoms with van der Waals surface area (Å²) in [5.41, 5.74) is -0.0113. The van der Waals surface area contributed by atoms with Crippen LogP contribution in [0.1, 0.15) is 5.56 Å². The van der Waals surface area contributed by atoms with Crippen LogP contribution in [0.2, 0.25) is 0 Å². The lowest BCUT2D eigenvalue weighted by Gasteiger charge is -1.96. The second-order valence-electron chi connectivity index (χ2n) is 4.12. The first kappa shape index (κ1) is 13.3. The maximum absolute atomic E-state index is 11.5. The van der Waals surface area contributed by atoms with Gasteiger partial charge in [-0.2, -0.15) is 0 Å². The Labute approximate surface area is 122 Å². The second kappa shape index (κ2) is 5.33. The fraction of sp³-hybridized carbons (Fsp3) is 0.0769. The number of rotatable bonds is 3. The Hall–Kier alpha value is -2.74. The van der Waals surface area contributed by atoms with Crippen LogP contribution in [0.15, 0.2) is 39.0 Å². The van der Waals surface area contributed by atoms with Crippen LogP contribution in [0.4, 0.5) is 5.13 Å². The SMILES string of the molecule is COc1ccc2sc(/N=C/c3c[nH]c(=O)[nH]c3=O)nc2c1. The molecule has 0 atom stereocenters. The molecule has 0 bridgehead atoms. The zero-order valence-electron chi connectivity index (χ0n) is 10.9. The van der Waals surface area contributed by atoms with Crippen LogP contribution in [0, 0.1) is 0 Å². The van der Waals surface area contributed by atoms with Crippen LogP contribution in [-0.4, -0.2) is 28.3 Å². The number of thiazole rings is 1. The Balaban J connectivity index is 1.95. The number of ether oxygens (including phenoxy) is 1. The van der Waals surface area contributed by atoms with Crippen molar-refractivity contribution in [2.45, 2.75) is 0 Å². The molecule has 0 amide bonds. The molecule has 2 N–H and O–H groups in total. The van der Waals surface area contributed by atoms with Gasteiger partial charge in [0.15, 0.2) is 0 Å². The minimum Gasteiger partial charge on any atom is -0.497 e. The molecule has 0 saturated carbocycles. The minimum absolute atomic E-state index is 0.256. The number of nitrogens with one attached hydrogen (secondary N) is 2. The lowest BCUT2D eigenvalue weighted by atomic mass is 10.3. The van der Waals surface area contributed by atoms with Crippen molar-refractivity contribution in [3.63, 3.8) is 0 Å². The van der Waals surface area contributed by atoms with E-state index in [-0.39, 0.29) is 5.56 Å². The predicted octanol–water partition coefficient (Wildman–Crippen LogP) is 1.43. The monoisotopic (exact) mass is 302 g/mol. The molecule has 2 heterocycles. The van der Waals surface area contributed by atoms with Gasteiger partial charge >= 0.3 is 5.69 Å². The van der Waals surface area contributed by atoms with Gasteiger partial charge in [0.1, 0.15) is 5.75 Å². The maximum Gasteiger partial charge on any atom is 0.325 e. The van der Waals surface area contributed by atoms with Crippen molar-refractivity contribution < 1.29 is 4.74 Å². The number of hydrogen-bond acceptors (Lipinski definition) is 6. The lowest BCUT2D eigenvalue weighted by Crippen LogP contribution is -2.24. The van der Waals surface area contributed by atoms with E-state index in [1.807, 2.05) is 18.2 Å². The molecule has 0 saturated heterocycles. The van der Waals surface area contributed by atoms with E-state index in [0.29, 0.717) is 5.13 Å². The Bertz CT molecular complexity index is 938. The predicted molar refractivity (Wildman–Crippen MR) is 81.1 cm³/mol. The van der Waals surface area contributed by atoms with Crippen LogP contribution >= 0.6 is 11.3 Å². The summed E-state index contributed by atoms with van der Waals surface area (Å²) in [6, 6.07) is 5.57. The maximum atomic E-state index is 11.5. The number of methoxy groups -OCH3 is 1. The average molecular weight is 302 g/mol. The van der Waals surface area contributed by atoms with Crippen molar-refractivity contribution in [2.75, 3.05) is 7.11 Å². The van der Waals surface area contributed by atoms with Crippen LogP contribution in [0.3, 0.4) is 0 Å². The van der Waals surface area contributed by atoms with Crippen molar-refractivity contribution in [3.05, 3.63) is 50.8 Å². The molecular formula is C13H10N4O3S. The Morgan fingerprint density at radius 2 is 2.24 bits per heavy atom. The fourth-order valence-corrected chi connectivity index (χ4v) is 2.51. The number of fused-ring (bicyclic) bond motifs is 1. The van der Waals surface area contributed by atoms with Gasteiger partial charge in [-0.1, -0.05) is 11.3 Å². The second-order valence-corrected chi connectivity index (χ2v) is 5.12. The number of hydrogen-bond donors (Lipinski definition) is 2. The molecule has 106 valence electrons. The molecule has 3 rings (SSSR count). The first-order chi connectivity index (χ1) is 10.2. The Kier molecular flexibility index (Phi) is 3.36. The summed E-state index contributed by atoms with van der Waals surface area (Å²) in [5, 5.41) is 0.517. The highest BCUT2D eigenvalue weighted by Gasteiger charge is 2.04. The van der Waals surface area contributed by atoms with Gasteiger partial charge in [-0.3, -0.25) is 9.78 Å². The number of aromatic nitrogens is 3. The van der Waals surface area contributed by atoms with E-state index in [1.54, 1.807) is 7.11 Å². The molecule has 3 aromatic rings. The summed E-state index contributed by atoms with van der Waals surface area (Å²) >= 11 is 1.40. The van der Waals surface area contributed by atoms with E-state index < -0.39 is 11.2 Å². The van der Waals surface area contributed by atoms with Gasteiger partial charge in [0.2, 0.25) is 5.13 Å². The lowest BCUT2D eigenvalue weighted by molar-refractivity contribution is 0.415. The van der Waals surface area contributed by atoms with Crippen LogP contribution in [-0.2, 0) is 0 Å². The number of nitrogens with zero attached hydrogens (tertiary/aromatic N) is 2. The molecule has 0 unspecified atom stereocenters. The molecule has 1 aromatic carbocycles. The van der Waals surface area contributed by atoms with E-state index in [4.69, 9.17) is 4.74 Å². The van der Waals surface area contributed by atoms with Crippen LogP contribution < -0.4 is 16.0 Å². The van der Waals surface area contributed by atoms with E-state index in [1.165, 1.54) is 23.7 Å². The topological polar surface area (TPSA) is 100 Å². The molecule has 0 aliphatic carbocycles. The molecule has 0 fully saturated rings. The molecule has 2 aromatic heterocycles. The molecule has 8 heteroatoms. The summed E-state index contributed by atoms with van der Waals surface area (Å²) in [4.78, 5) is 35.4. The Morgan fingerprint density at radius 1 is 1.38 bits per heavy atom. The quantitative estimate of drug-likeness (QED) is 0.715. The van der Waals surface area contributed by atoms with E-state index in [2.05, 4.69) is 19.9 Å². The van der Waals surface area contributed by atoms with Crippen LogP contribution in [0.5, 0.6) is 5.75 Å². The molecule has 0 radical (unpaired) electrons. The minimum atomic E-state index is -0.552. The third-order valence-electron chi connectivity index (χ3n) is 2.75. The van der Waals surface area contributed by atoms with E-state index in [9.17, 15) is 9.59 Å². The first-order valence-electron chi connectivity index (χ1n) is 5.96. The summed E-state index contributed by atoms with van der Waals surface area (Å²) in [5.74, 6) is 0.723. The third kappa shape index (κ3) is 2.75. The van der Waals surface area contributed by atoms with Crippen molar-refractivity contribution in [1.29, 1.82) is 0 Å². The number of aromatic amines is 2. The van der Waals surface area contributed by atoms with Gasteiger partial charge in [0.05, 0.1) is 22.9 Å². The molecule has 7 nitrogen and oxygen atoms in total. The molecule has 0 spiro atoms. The van der Waals surface area contributed by atoms with E-state index in [0.717, 1.165) is 16.0 Å². The zero-order chi connectivity index (χ0) is 14.8. The van der Waals surface area contributed by atoms with Crippen molar-refractivity contribution in [3.8, 4) is 5.75 Å². The fourth-order valence-electron chi connectivity index (χ4n) is 1.72. The smallest absolute Gasteiger partial charge is 0.325 e. The van der Waals surface area contributed by atoms with Crippen molar-refractivity contribution >= 4 is 32.9 Å². The zero-order valence-corrected chi connectivity index (χ0v) is 11.7. The summed E-state index contributed by atoms with van der Waals surface area (Å²) in [6.45, 7) is 0. The number of H-pyrrole nitrogens is 2. The van der Waals surface area contributed by atoms with Gasteiger partial charge in [0, 0.05) is 18.5 Å². The molecular weight excluding hydrogens is 292 g/mol. The van der Waals surface area contributed by atoms with Gasteiger partial charge in [0.25, 0.3) is 5.56 Å². The van der Waals surface area contributed by atoms with Gasteiger partial charge < -0.3 is 9.72 Å². The first-order valence-corrected chi connectivity index (χ1v) is 6.78. The molecule has 21 heavy (non-hydrogen) atoms. The largest absolute Gasteiger partial charge is 0.497 e. The highest BCUT2D eigenvalue weighted by Crippen LogP contribution is 2.30. The standard InChI is InChI=1S/C13H10N4O3S/c1-20-8-2-3-10-9(4-8)16-13(21-10)15-6-7-5-14-12(19)17-11(7)18/h2-6H,1H3,(H2,14,17,18,19)/b15-6+. The highest BCUT2D eigenvalue weighted by molar-refractivity contribution is 7.22. The third-order valence-corrected chi connectivity index (χ3v) is 3.69. The summed E-state index contributed by atoms with van der Waals surface area (Å²) in [6.07, 6.45) is 2.67. The normalized spacial score (nSPS) is 11.3. The van der Waals surface area contributed by atoms with Crippen LogP contribution in [0.25, 0.3) is 10.2 Å². The Morgan fingerprint density at radius 3 is 3.00 bits per heavy atom. The van der Waals surface area contributed by atoms with E-state index >= 15 is 0 Å². The van der Waals surface area contributed by atoms with Crippen molar-refractivity contribution in [1.82, 2.24) is 15.0 Å². The number of aliphatic imine (C=N–C) groups is 1. The van der Waals surface area contributed by atoms with Gasteiger partial charge in [-0.25, -0.2) is 14.8 Å².